The summed E-state index contributed by atoms with van der Waals surface area (Å²) < 4.78 is 11.6. The molecule has 0 spiro atoms. The Morgan fingerprint density at radius 2 is 1.86 bits per heavy atom. The second kappa shape index (κ2) is 5.77. The average molecular weight is 392 g/mol. The van der Waals surface area contributed by atoms with Crippen molar-refractivity contribution < 1.29 is 9.26 Å². The van der Waals surface area contributed by atoms with Crippen molar-refractivity contribution in [2.45, 2.75) is 0 Å². The Bertz CT molecular complexity index is 766. The normalized spacial score (nSPS) is 10.6. The van der Waals surface area contributed by atoms with E-state index in [-0.39, 0.29) is 0 Å². The Balaban J connectivity index is 2.14. The van der Waals surface area contributed by atoms with Gasteiger partial charge in [-0.05, 0) is 52.4 Å². The molecule has 5 heteroatoms. The molecule has 0 aliphatic carbocycles. The van der Waals surface area contributed by atoms with Crippen molar-refractivity contribution in [1.29, 1.82) is 0 Å². The molecular weight excluding hydrogens is 379 g/mol. The molecule has 0 saturated carbocycles. The number of benzene rings is 2. The summed E-state index contributed by atoms with van der Waals surface area (Å²) in [6.07, 6.45) is 0. The number of nitrogens with two attached hydrogens (primary N) is 1. The van der Waals surface area contributed by atoms with Gasteiger partial charge in [-0.25, -0.2) is 0 Å². The van der Waals surface area contributed by atoms with Crippen LogP contribution >= 0.6 is 22.6 Å². The standard InChI is InChI=1S/C16H13IN2O2/c1-20-13-4-2-3-11(9-13)14-15(19-21-16(14)18)10-5-7-12(17)8-6-10/h2-9H,18H2,1H3. The van der Waals surface area contributed by atoms with Crippen molar-refractivity contribution in [3.05, 3.63) is 52.1 Å². The summed E-state index contributed by atoms with van der Waals surface area (Å²) in [7, 11) is 1.64. The number of rotatable bonds is 3. The molecule has 0 unspecified atom stereocenters. The van der Waals surface area contributed by atoms with Crippen molar-refractivity contribution in [3.63, 3.8) is 0 Å². The quantitative estimate of drug-likeness (QED) is 0.679. The largest absolute Gasteiger partial charge is 0.497 e. The van der Waals surface area contributed by atoms with E-state index in [4.69, 9.17) is 15.0 Å². The monoisotopic (exact) mass is 392 g/mol. The van der Waals surface area contributed by atoms with Gasteiger partial charge >= 0.3 is 0 Å². The summed E-state index contributed by atoms with van der Waals surface area (Å²) in [5.41, 5.74) is 9.37. The van der Waals surface area contributed by atoms with Gasteiger partial charge in [-0.2, -0.15) is 0 Å². The molecule has 21 heavy (non-hydrogen) atoms. The molecule has 4 nitrogen and oxygen atoms in total. The van der Waals surface area contributed by atoms with Crippen molar-refractivity contribution in [2.24, 2.45) is 0 Å². The molecule has 0 saturated heterocycles. The number of nitrogens with zero attached hydrogens (tertiary/aromatic N) is 1. The van der Waals surface area contributed by atoms with Crippen LogP contribution in [0.3, 0.4) is 0 Å². The number of nitrogen functional groups attached to an aromatic ring is 1. The first-order chi connectivity index (χ1) is 10.2. The summed E-state index contributed by atoms with van der Waals surface area (Å²) in [5.74, 6) is 1.07. The summed E-state index contributed by atoms with van der Waals surface area (Å²) in [6, 6.07) is 15.7. The lowest BCUT2D eigenvalue weighted by Crippen LogP contribution is -1.89. The van der Waals surface area contributed by atoms with Crippen LogP contribution in [0.5, 0.6) is 5.75 Å². The number of methoxy groups -OCH3 is 1. The number of halogens is 1. The van der Waals surface area contributed by atoms with E-state index in [1.54, 1.807) is 7.11 Å². The average Bonchev–Trinajstić information content (AvgIpc) is 2.90. The molecule has 1 aromatic heterocycles. The van der Waals surface area contributed by atoms with Gasteiger partial charge in [0.05, 0.1) is 12.7 Å². The Morgan fingerprint density at radius 3 is 2.57 bits per heavy atom. The molecule has 0 fully saturated rings. The second-order valence-electron chi connectivity index (χ2n) is 4.51. The van der Waals surface area contributed by atoms with Gasteiger partial charge in [-0.3, -0.25) is 0 Å². The minimum atomic E-state index is 0.303. The number of hydrogen-bond donors (Lipinski definition) is 1. The van der Waals surface area contributed by atoms with Gasteiger partial charge in [0.25, 0.3) is 0 Å². The van der Waals surface area contributed by atoms with Gasteiger partial charge < -0.3 is 15.0 Å². The zero-order valence-electron chi connectivity index (χ0n) is 11.3. The van der Waals surface area contributed by atoms with E-state index in [0.717, 1.165) is 31.7 Å². The molecule has 1 heterocycles. The minimum absolute atomic E-state index is 0.303. The fourth-order valence-electron chi connectivity index (χ4n) is 2.17. The SMILES string of the molecule is COc1cccc(-c2c(-c3ccc(I)cc3)noc2N)c1. The lowest BCUT2D eigenvalue weighted by Gasteiger charge is -2.05. The molecule has 0 radical (unpaired) electrons. The minimum Gasteiger partial charge on any atom is -0.497 e. The smallest absolute Gasteiger partial charge is 0.230 e. The second-order valence-corrected chi connectivity index (χ2v) is 5.75. The number of anilines is 1. The van der Waals surface area contributed by atoms with Crippen LogP contribution in [0.4, 0.5) is 5.88 Å². The van der Waals surface area contributed by atoms with Crippen molar-refractivity contribution in [2.75, 3.05) is 12.8 Å². The van der Waals surface area contributed by atoms with E-state index in [9.17, 15) is 0 Å². The third-order valence-electron chi connectivity index (χ3n) is 3.19. The Labute approximate surface area is 136 Å². The van der Waals surface area contributed by atoms with E-state index in [1.165, 1.54) is 0 Å². The summed E-state index contributed by atoms with van der Waals surface area (Å²) >= 11 is 2.27. The fraction of sp³-hybridized carbons (Fsp3) is 0.0625. The Morgan fingerprint density at radius 1 is 1.10 bits per heavy atom. The van der Waals surface area contributed by atoms with Crippen molar-refractivity contribution in [1.82, 2.24) is 5.16 Å². The first-order valence-corrected chi connectivity index (χ1v) is 7.42. The lowest BCUT2D eigenvalue weighted by molar-refractivity contribution is 0.415. The van der Waals surface area contributed by atoms with Crippen LogP contribution in [-0.4, -0.2) is 12.3 Å². The van der Waals surface area contributed by atoms with Crippen LogP contribution in [0, 0.1) is 3.57 Å². The maximum Gasteiger partial charge on any atom is 0.230 e. The number of ether oxygens (including phenoxy) is 1. The maximum atomic E-state index is 5.96. The Hall–Kier alpha value is -2.02. The van der Waals surface area contributed by atoms with Gasteiger partial charge in [-0.15, -0.1) is 0 Å². The first-order valence-electron chi connectivity index (χ1n) is 6.34. The van der Waals surface area contributed by atoms with Gasteiger partial charge in [0.15, 0.2) is 0 Å². The zero-order valence-corrected chi connectivity index (χ0v) is 13.5. The van der Waals surface area contributed by atoms with Crippen LogP contribution in [0.1, 0.15) is 0 Å². The Kier molecular flexibility index (Phi) is 3.83. The highest BCUT2D eigenvalue weighted by Crippen LogP contribution is 2.37. The highest BCUT2D eigenvalue weighted by molar-refractivity contribution is 14.1. The summed E-state index contributed by atoms with van der Waals surface area (Å²) in [5, 5.41) is 4.10. The predicted molar refractivity (Wildman–Crippen MR) is 91.1 cm³/mol. The predicted octanol–water partition coefficient (Wildman–Crippen LogP) is 4.20. The molecule has 0 bridgehead atoms. The lowest BCUT2D eigenvalue weighted by atomic mass is 10.0. The third kappa shape index (κ3) is 2.73. The first kappa shape index (κ1) is 13.9. The molecular formula is C16H13IN2O2. The molecule has 2 aromatic carbocycles. The fourth-order valence-corrected chi connectivity index (χ4v) is 2.52. The van der Waals surface area contributed by atoms with Crippen molar-refractivity contribution >= 4 is 28.5 Å². The topological polar surface area (TPSA) is 61.3 Å². The highest BCUT2D eigenvalue weighted by atomic mass is 127. The van der Waals surface area contributed by atoms with Crippen LogP contribution in [0.25, 0.3) is 22.4 Å². The zero-order chi connectivity index (χ0) is 14.8. The maximum absolute atomic E-state index is 5.96. The van der Waals surface area contributed by atoms with Gasteiger partial charge in [0.1, 0.15) is 11.4 Å². The third-order valence-corrected chi connectivity index (χ3v) is 3.91. The summed E-state index contributed by atoms with van der Waals surface area (Å²) in [4.78, 5) is 0. The van der Waals surface area contributed by atoms with Crippen LogP contribution in [0.15, 0.2) is 53.1 Å². The van der Waals surface area contributed by atoms with E-state index in [1.807, 2.05) is 48.5 Å². The molecule has 2 N–H and O–H groups in total. The van der Waals surface area contributed by atoms with E-state index >= 15 is 0 Å². The van der Waals surface area contributed by atoms with Gasteiger partial charge in [-0.1, -0.05) is 29.4 Å². The van der Waals surface area contributed by atoms with Crippen LogP contribution in [-0.2, 0) is 0 Å². The van der Waals surface area contributed by atoms with Gasteiger partial charge in [0.2, 0.25) is 5.88 Å². The van der Waals surface area contributed by atoms with E-state index in [2.05, 4.69) is 27.7 Å². The van der Waals surface area contributed by atoms with E-state index in [0.29, 0.717) is 5.88 Å². The molecule has 0 aliphatic rings. The number of hydrogen-bond acceptors (Lipinski definition) is 4. The molecule has 3 aromatic rings. The van der Waals surface area contributed by atoms with E-state index < -0.39 is 0 Å². The molecule has 106 valence electrons. The summed E-state index contributed by atoms with van der Waals surface area (Å²) in [6.45, 7) is 0. The van der Waals surface area contributed by atoms with Crippen LogP contribution in [0.2, 0.25) is 0 Å². The molecule has 0 aliphatic heterocycles. The van der Waals surface area contributed by atoms with Crippen LogP contribution < -0.4 is 10.5 Å². The highest BCUT2D eigenvalue weighted by Gasteiger charge is 2.17. The molecule has 0 amide bonds. The van der Waals surface area contributed by atoms with Crippen molar-refractivity contribution in [3.8, 4) is 28.1 Å². The molecule has 0 atom stereocenters. The molecule has 3 rings (SSSR count). The number of aromatic nitrogens is 1. The van der Waals surface area contributed by atoms with Gasteiger partial charge in [0, 0.05) is 9.13 Å².